The fraction of sp³-hybridized carbons (Fsp3) is 0.733. The lowest BCUT2D eigenvalue weighted by Gasteiger charge is -2.42. The fourth-order valence-electron chi connectivity index (χ4n) is 3.64. The predicted octanol–water partition coefficient (Wildman–Crippen LogP) is 2.95. The molecule has 1 aromatic heterocycles. The molecule has 0 amide bonds. The zero-order valence-corrected chi connectivity index (χ0v) is 11.3. The van der Waals surface area contributed by atoms with Crippen LogP contribution in [0.1, 0.15) is 50.6 Å². The van der Waals surface area contributed by atoms with Crippen molar-refractivity contribution in [2.24, 2.45) is 0 Å². The van der Waals surface area contributed by atoms with Crippen molar-refractivity contribution >= 4 is 0 Å². The molecule has 2 aliphatic heterocycles. The average molecular weight is 248 g/mol. The number of nitrogens with one attached hydrogen (secondary N) is 1. The van der Waals surface area contributed by atoms with Crippen molar-refractivity contribution in [1.29, 1.82) is 0 Å². The fourth-order valence-corrected chi connectivity index (χ4v) is 3.64. The normalized spacial score (nSPS) is 31.6. The van der Waals surface area contributed by atoms with Crippen molar-refractivity contribution in [2.45, 2.75) is 57.2 Å². The molecule has 0 spiro atoms. The molecule has 3 rings (SSSR count). The Labute approximate surface area is 110 Å². The predicted molar refractivity (Wildman–Crippen MR) is 72.5 cm³/mol. The van der Waals surface area contributed by atoms with E-state index in [1.54, 1.807) is 6.26 Å². The maximum Gasteiger partial charge on any atom is 0.0950 e. The van der Waals surface area contributed by atoms with E-state index < -0.39 is 0 Å². The molecule has 3 atom stereocenters. The largest absolute Gasteiger partial charge is 0.472 e. The van der Waals surface area contributed by atoms with Gasteiger partial charge in [-0.25, -0.2) is 0 Å². The number of likely N-dealkylation sites (tertiary alicyclic amines) is 1. The standard InChI is InChI=1S/C15H24N2O/c1-12(13-7-10-18-11-13)17-9-3-2-6-15(17)14-5-4-8-16-14/h7,10-12,14-16H,2-6,8-9H2,1H3. The molecular weight excluding hydrogens is 224 g/mol. The average Bonchev–Trinajstić information content (AvgIpc) is 3.11. The summed E-state index contributed by atoms with van der Waals surface area (Å²) in [4.78, 5) is 2.69. The van der Waals surface area contributed by atoms with Crippen LogP contribution in [0, 0.1) is 0 Å². The van der Waals surface area contributed by atoms with Crippen LogP contribution in [0.5, 0.6) is 0 Å². The highest BCUT2D eigenvalue weighted by atomic mass is 16.3. The lowest BCUT2D eigenvalue weighted by atomic mass is 9.92. The summed E-state index contributed by atoms with van der Waals surface area (Å²) in [5.41, 5.74) is 1.32. The van der Waals surface area contributed by atoms with Gasteiger partial charge in [0.05, 0.1) is 12.5 Å². The summed E-state index contributed by atoms with van der Waals surface area (Å²) in [5, 5.41) is 3.69. The van der Waals surface area contributed by atoms with Crippen LogP contribution in [0.3, 0.4) is 0 Å². The molecule has 0 aliphatic carbocycles. The molecule has 1 N–H and O–H groups in total. The first-order valence-corrected chi connectivity index (χ1v) is 7.37. The van der Waals surface area contributed by atoms with E-state index >= 15 is 0 Å². The Balaban J connectivity index is 1.74. The van der Waals surface area contributed by atoms with E-state index in [0.717, 1.165) is 0 Å². The Morgan fingerprint density at radius 1 is 1.33 bits per heavy atom. The Bertz CT molecular complexity index is 357. The molecule has 0 aromatic carbocycles. The van der Waals surface area contributed by atoms with Gasteiger partial charge in [-0.05, 0) is 51.8 Å². The number of piperidine rings is 1. The topological polar surface area (TPSA) is 28.4 Å². The Morgan fingerprint density at radius 3 is 3.00 bits per heavy atom. The zero-order chi connectivity index (χ0) is 12.4. The summed E-state index contributed by atoms with van der Waals surface area (Å²) in [5.74, 6) is 0. The van der Waals surface area contributed by atoms with Gasteiger partial charge >= 0.3 is 0 Å². The molecule has 3 unspecified atom stereocenters. The van der Waals surface area contributed by atoms with Gasteiger partial charge in [-0.3, -0.25) is 4.90 Å². The van der Waals surface area contributed by atoms with E-state index in [-0.39, 0.29) is 0 Å². The maximum absolute atomic E-state index is 5.24. The Hall–Kier alpha value is -0.800. The van der Waals surface area contributed by atoms with Gasteiger partial charge in [0.15, 0.2) is 0 Å². The van der Waals surface area contributed by atoms with Crippen molar-refractivity contribution in [3.8, 4) is 0 Å². The first-order valence-electron chi connectivity index (χ1n) is 7.37. The van der Waals surface area contributed by atoms with E-state index in [0.29, 0.717) is 18.1 Å². The number of hydrogen-bond acceptors (Lipinski definition) is 3. The van der Waals surface area contributed by atoms with Crippen LogP contribution in [-0.2, 0) is 0 Å². The SMILES string of the molecule is CC(c1ccoc1)N1CCCCC1C1CCCN1. The zero-order valence-electron chi connectivity index (χ0n) is 11.3. The molecule has 0 saturated carbocycles. The molecule has 0 radical (unpaired) electrons. The summed E-state index contributed by atoms with van der Waals surface area (Å²) in [6, 6.07) is 4.01. The highest BCUT2D eigenvalue weighted by Crippen LogP contribution is 2.31. The number of hydrogen-bond donors (Lipinski definition) is 1. The van der Waals surface area contributed by atoms with Gasteiger partial charge in [-0.15, -0.1) is 0 Å². The first kappa shape index (κ1) is 12.2. The lowest BCUT2D eigenvalue weighted by Crippen LogP contribution is -2.50. The van der Waals surface area contributed by atoms with Crippen molar-refractivity contribution in [3.63, 3.8) is 0 Å². The van der Waals surface area contributed by atoms with E-state index in [2.05, 4.69) is 23.2 Å². The van der Waals surface area contributed by atoms with Crippen LogP contribution in [0.15, 0.2) is 23.0 Å². The van der Waals surface area contributed by atoms with Crippen molar-refractivity contribution in [3.05, 3.63) is 24.2 Å². The monoisotopic (exact) mass is 248 g/mol. The van der Waals surface area contributed by atoms with Crippen LogP contribution in [0.25, 0.3) is 0 Å². The number of furan rings is 1. The third-order valence-corrected chi connectivity index (χ3v) is 4.68. The second kappa shape index (κ2) is 5.45. The molecule has 3 heteroatoms. The van der Waals surface area contributed by atoms with Gasteiger partial charge in [-0.2, -0.15) is 0 Å². The van der Waals surface area contributed by atoms with E-state index in [4.69, 9.17) is 4.42 Å². The van der Waals surface area contributed by atoms with E-state index in [1.807, 2.05) is 6.26 Å². The Morgan fingerprint density at radius 2 is 2.28 bits per heavy atom. The van der Waals surface area contributed by atoms with Gasteiger partial charge < -0.3 is 9.73 Å². The van der Waals surface area contributed by atoms with Crippen LogP contribution >= 0.6 is 0 Å². The van der Waals surface area contributed by atoms with Gasteiger partial charge in [-0.1, -0.05) is 6.42 Å². The van der Waals surface area contributed by atoms with Gasteiger partial charge in [0.2, 0.25) is 0 Å². The van der Waals surface area contributed by atoms with Crippen molar-refractivity contribution in [1.82, 2.24) is 10.2 Å². The van der Waals surface area contributed by atoms with E-state index in [1.165, 1.54) is 50.8 Å². The summed E-state index contributed by atoms with van der Waals surface area (Å²) >= 11 is 0. The lowest BCUT2D eigenvalue weighted by molar-refractivity contribution is 0.0800. The van der Waals surface area contributed by atoms with Gasteiger partial charge in [0.25, 0.3) is 0 Å². The molecule has 3 heterocycles. The molecule has 3 nitrogen and oxygen atoms in total. The summed E-state index contributed by atoms with van der Waals surface area (Å²) in [6.07, 6.45) is 10.5. The second-order valence-electron chi connectivity index (χ2n) is 5.74. The molecule has 2 fully saturated rings. The van der Waals surface area contributed by atoms with E-state index in [9.17, 15) is 0 Å². The number of nitrogens with zero attached hydrogens (tertiary/aromatic N) is 1. The highest BCUT2D eigenvalue weighted by molar-refractivity contribution is 5.12. The second-order valence-corrected chi connectivity index (χ2v) is 5.74. The van der Waals surface area contributed by atoms with Crippen LogP contribution < -0.4 is 5.32 Å². The molecular formula is C15H24N2O. The minimum atomic E-state index is 0.483. The first-order chi connectivity index (χ1) is 8.86. The molecule has 2 aliphatic rings. The molecule has 100 valence electrons. The van der Waals surface area contributed by atoms with Crippen molar-refractivity contribution < 1.29 is 4.42 Å². The summed E-state index contributed by atoms with van der Waals surface area (Å²) in [7, 11) is 0. The maximum atomic E-state index is 5.24. The third kappa shape index (κ3) is 2.34. The van der Waals surface area contributed by atoms with Crippen LogP contribution in [0.4, 0.5) is 0 Å². The van der Waals surface area contributed by atoms with Crippen molar-refractivity contribution in [2.75, 3.05) is 13.1 Å². The van der Waals surface area contributed by atoms with Gasteiger partial charge in [0, 0.05) is 23.7 Å². The highest BCUT2D eigenvalue weighted by Gasteiger charge is 2.34. The minimum absolute atomic E-state index is 0.483. The summed E-state index contributed by atoms with van der Waals surface area (Å²) in [6.45, 7) is 4.75. The smallest absolute Gasteiger partial charge is 0.0950 e. The molecule has 1 aromatic rings. The summed E-state index contributed by atoms with van der Waals surface area (Å²) < 4.78 is 5.24. The molecule has 2 saturated heterocycles. The Kier molecular flexibility index (Phi) is 3.71. The van der Waals surface area contributed by atoms with Crippen LogP contribution in [0.2, 0.25) is 0 Å². The van der Waals surface area contributed by atoms with Gasteiger partial charge in [0.1, 0.15) is 0 Å². The van der Waals surface area contributed by atoms with Crippen LogP contribution in [-0.4, -0.2) is 30.1 Å². The quantitative estimate of drug-likeness (QED) is 0.891. The molecule has 18 heavy (non-hydrogen) atoms. The number of rotatable bonds is 3. The minimum Gasteiger partial charge on any atom is -0.472 e. The molecule has 0 bridgehead atoms. The third-order valence-electron chi connectivity index (χ3n) is 4.68.